The maximum Gasteiger partial charge on any atom is 0.288 e. The van der Waals surface area contributed by atoms with E-state index in [9.17, 15) is 22.8 Å². The van der Waals surface area contributed by atoms with Crippen molar-refractivity contribution in [2.24, 2.45) is 0 Å². The van der Waals surface area contributed by atoms with Crippen LogP contribution in [0.15, 0.2) is 82.3 Å². The molecule has 9 nitrogen and oxygen atoms in total. The van der Waals surface area contributed by atoms with Gasteiger partial charge in [0.05, 0.1) is 11.2 Å². The Labute approximate surface area is 203 Å². The van der Waals surface area contributed by atoms with Crippen LogP contribution in [0, 0.1) is 6.92 Å². The van der Waals surface area contributed by atoms with Crippen LogP contribution >= 0.6 is 0 Å². The first-order chi connectivity index (χ1) is 16.8. The van der Waals surface area contributed by atoms with Crippen molar-refractivity contribution in [2.45, 2.75) is 17.2 Å². The molecule has 0 spiro atoms. The minimum absolute atomic E-state index is 0.0914. The van der Waals surface area contributed by atoms with Crippen molar-refractivity contribution in [1.29, 1.82) is 0 Å². The van der Waals surface area contributed by atoms with Gasteiger partial charge in [-0.15, -0.1) is 0 Å². The van der Waals surface area contributed by atoms with Gasteiger partial charge in [0, 0.05) is 31.7 Å². The summed E-state index contributed by atoms with van der Waals surface area (Å²) in [5, 5.41) is 0.482. The predicted molar refractivity (Wildman–Crippen MR) is 127 cm³/mol. The Morgan fingerprint density at radius 3 is 2.09 bits per heavy atom. The number of hydrogen-bond acceptors (Lipinski definition) is 6. The molecule has 1 aromatic heterocycles. The van der Waals surface area contributed by atoms with Gasteiger partial charge in [-0.2, -0.15) is 0 Å². The lowest BCUT2D eigenvalue weighted by molar-refractivity contribution is -0.132. The van der Waals surface area contributed by atoms with E-state index in [4.69, 9.17) is 4.42 Å². The fourth-order valence-electron chi connectivity index (χ4n) is 3.79. The van der Waals surface area contributed by atoms with Gasteiger partial charge < -0.3 is 19.5 Å². The average Bonchev–Trinajstić information content (AvgIpc) is 3.43. The van der Waals surface area contributed by atoms with Crippen LogP contribution < -0.4 is 5.32 Å². The zero-order valence-corrected chi connectivity index (χ0v) is 19.9. The first kappa shape index (κ1) is 24.2. The van der Waals surface area contributed by atoms with Crippen molar-refractivity contribution in [1.82, 2.24) is 15.1 Å². The van der Waals surface area contributed by atoms with Gasteiger partial charge in [0.1, 0.15) is 0 Å². The molecule has 3 amide bonds. The summed E-state index contributed by atoms with van der Waals surface area (Å²) in [7, 11) is -4.26. The van der Waals surface area contributed by atoms with Crippen LogP contribution in [0.4, 0.5) is 0 Å². The fraction of sp³-hybridized carbons (Fsp3) is 0.240. The molecule has 1 aliphatic rings. The third kappa shape index (κ3) is 5.27. The van der Waals surface area contributed by atoms with E-state index >= 15 is 0 Å². The Morgan fingerprint density at radius 1 is 0.857 bits per heavy atom. The molecule has 0 aliphatic carbocycles. The average molecular weight is 496 g/mol. The standard InChI is InChI=1S/C25H25N3O6S/c1-18-9-11-19(12-10-18)24(30)27-13-15-28(16-14-27)25(31)23(26-22(29)21-8-5-17-34-21)35(32,33)20-6-3-2-4-7-20/h2-12,17,23H,13-16H2,1H3,(H,26,29)/t23-/m0/s1. The molecule has 182 valence electrons. The number of piperazine rings is 1. The number of carbonyl (C=O) groups is 3. The van der Waals surface area contributed by atoms with Gasteiger partial charge in [-0.1, -0.05) is 35.9 Å². The molecule has 1 saturated heterocycles. The topological polar surface area (TPSA) is 117 Å². The molecule has 0 unspecified atom stereocenters. The molecule has 1 N–H and O–H groups in total. The monoisotopic (exact) mass is 495 g/mol. The van der Waals surface area contributed by atoms with Crippen molar-refractivity contribution in [2.75, 3.05) is 26.2 Å². The molecule has 10 heteroatoms. The van der Waals surface area contributed by atoms with E-state index in [1.807, 2.05) is 19.1 Å². The maximum atomic E-state index is 13.4. The normalized spacial score (nSPS) is 14.9. The van der Waals surface area contributed by atoms with Crippen molar-refractivity contribution >= 4 is 27.6 Å². The number of nitrogens with zero attached hydrogens (tertiary/aromatic N) is 2. The number of aryl methyl sites for hydroxylation is 1. The Bertz CT molecular complexity index is 1300. The highest BCUT2D eigenvalue weighted by Crippen LogP contribution is 2.19. The Hall–Kier alpha value is -3.92. The smallest absolute Gasteiger partial charge is 0.288 e. The zero-order valence-electron chi connectivity index (χ0n) is 19.1. The van der Waals surface area contributed by atoms with Crippen LogP contribution in [0.1, 0.15) is 26.5 Å². The van der Waals surface area contributed by atoms with Gasteiger partial charge in [0.15, 0.2) is 5.76 Å². The fourth-order valence-corrected chi connectivity index (χ4v) is 5.28. The van der Waals surface area contributed by atoms with Gasteiger partial charge in [0.25, 0.3) is 17.7 Å². The Kier molecular flexibility index (Phi) is 7.02. The highest BCUT2D eigenvalue weighted by atomic mass is 32.2. The lowest BCUT2D eigenvalue weighted by Crippen LogP contribution is -2.57. The molecular weight excluding hydrogens is 470 g/mol. The van der Waals surface area contributed by atoms with Crippen LogP contribution in [0.5, 0.6) is 0 Å². The third-order valence-electron chi connectivity index (χ3n) is 5.79. The molecule has 0 radical (unpaired) electrons. The molecule has 3 aromatic rings. The number of sulfone groups is 1. The highest BCUT2D eigenvalue weighted by molar-refractivity contribution is 7.92. The number of amides is 3. The molecular formula is C25H25N3O6S. The lowest BCUT2D eigenvalue weighted by Gasteiger charge is -2.36. The van der Waals surface area contributed by atoms with Crippen LogP contribution in [0.2, 0.25) is 0 Å². The quantitative estimate of drug-likeness (QED) is 0.560. The molecule has 0 saturated carbocycles. The number of benzene rings is 2. The molecule has 2 aromatic carbocycles. The van der Waals surface area contributed by atoms with Crippen molar-refractivity contribution in [3.8, 4) is 0 Å². The molecule has 1 atom stereocenters. The van der Waals surface area contributed by atoms with Gasteiger partial charge in [-0.05, 0) is 43.3 Å². The SMILES string of the molecule is Cc1ccc(C(=O)N2CCN(C(=O)[C@@H](NC(=O)c3ccco3)S(=O)(=O)c3ccccc3)CC2)cc1. The van der Waals surface area contributed by atoms with Crippen LogP contribution in [0.25, 0.3) is 0 Å². The summed E-state index contributed by atoms with van der Waals surface area (Å²) < 4.78 is 31.8. The Morgan fingerprint density at radius 2 is 1.49 bits per heavy atom. The van der Waals surface area contributed by atoms with E-state index in [-0.39, 0.29) is 42.7 Å². The minimum Gasteiger partial charge on any atom is -0.459 e. The van der Waals surface area contributed by atoms with Crippen molar-refractivity contribution in [3.05, 3.63) is 89.9 Å². The van der Waals surface area contributed by atoms with E-state index in [1.165, 1.54) is 47.6 Å². The van der Waals surface area contributed by atoms with Crippen LogP contribution in [0.3, 0.4) is 0 Å². The van der Waals surface area contributed by atoms with E-state index in [2.05, 4.69) is 5.32 Å². The van der Waals surface area contributed by atoms with E-state index < -0.39 is 27.0 Å². The highest BCUT2D eigenvalue weighted by Gasteiger charge is 2.40. The first-order valence-electron chi connectivity index (χ1n) is 11.1. The third-order valence-corrected chi connectivity index (χ3v) is 7.66. The molecule has 1 fully saturated rings. The van der Waals surface area contributed by atoms with Gasteiger partial charge in [0.2, 0.25) is 15.2 Å². The summed E-state index contributed by atoms with van der Waals surface area (Å²) in [5.74, 6) is -1.85. The lowest BCUT2D eigenvalue weighted by atomic mass is 10.1. The van der Waals surface area contributed by atoms with Crippen LogP contribution in [-0.4, -0.2) is 67.5 Å². The van der Waals surface area contributed by atoms with Crippen molar-refractivity contribution in [3.63, 3.8) is 0 Å². The molecule has 0 bridgehead atoms. The van der Waals surface area contributed by atoms with E-state index in [0.29, 0.717) is 5.56 Å². The summed E-state index contributed by atoms with van der Waals surface area (Å²) in [6.45, 7) is 2.68. The second-order valence-corrected chi connectivity index (χ2v) is 10.2. The second-order valence-electron chi connectivity index (χ2n) is 8.17. The number of rotatable bonds is 6. The maximum absolute atomic E-state index is 13.4. The number of carbonyl (C=O) groups excluding carboxylic acids is 3. The van der Waals surface area contributed by atoms with Gasteiger partial charge >= 0.3 is 0 Å². The largest absolute Gasteiger partial charge is 0.459 e. The first-order valence-corrected chi connectivity index (χ1v) is 12.6. The predicted octanol–water partition coefficient (Wildman–Crippen LogP) is 2.10. The Balaban J connectivity index is 1.52. The van der Waals surface area contributed by atoms with Crippen LogP contribution in [-0.2, 0) is 14.6 Å². The van der Waals surface area contributed by atoms with Gasteiger partial charge in [-0.3, -0.25) is 14.4 Å². The minimum atomic E-state index is -4.26. The number of hydrogen-bond donors (Lipinski definition) is 1. The van der Waals surface area contributed by atoms with Gasteiger partial charge in [-0.25, -0.2) is 8.42 Å². The van der Waals surface area contributed by atoms with E-state index in [0.717, 1.165) is 5.56 Å². The molecule has 35 heavy (non-hydrogen) atoms. The summed E-state index contributed by atoms with van der Waals surface area (Å²) in [4.78, 5) is 41.7. The zero-order chi connectivity index (χ0) is 25.0. The van der Waals surface area contributed by atoms with E-state index in [1.54, 1.807) is 23.1 Å². The van der Waals surface area contributed by atoms with Crippen molar-refractivity contribution < 1.29 is 27.2 Å². The summed E-state index contributed by atoms with van der Waals surface area (Å²) in [6.07, 6.45) is 1.28. The summed E-state index contributed by atoms with van der Waals surface area (Å²) in [6, 6.07) is 17.5. The summed E-state index contributed by atoms with van der Waals surface area (Å²) >= 11 is 0. The molecule has 2 heterocycles. The second kappa shape index (κ2) is 10.1. The number of nitrogens with one attached hydrogen (secondary N) is 1. The summed E-state index contributed by atoms with van der Waals surface area (Å²) in [5.41, 5.74) is 1.59. The molecule has 1 aliphatic heterocycles. The molecule has 4 rings (SSSR count). The number of furan rings is 1.